The van der Waals surface area contributed by atoms with Crippen LogP contribution in [0.4, 0.5) is 4.39 Å². The molecule has 16 heavy (non-hydrogen) atoms. The van der Waals surface area contributed by atoms with E-state index in [0.29, 0.717) is 19.0 Å². The molecule has 3 nitrogen and oxygen atoms in total. The van der Waals surface area contributed by atoms with Gasteiger partial charge in [-0.05, 0) is 36.6 Å². The van der Waals surface area contributed by atoms with Gasteiger partial charge in [0.15, 0.2) is 0 Å². The molecule has 88 valence electrons. The minimum Gasteiger partial charge on any atom is -0.207 e. The Hall–Kier alpha value is -0.940. The Morgan fingerprint density at radius 1 is 1.31 bits per heavy atom. The highest BCUT2D eigenvalue weighted by Crippen LogP contribution is 2.23. The summed E-state index contributed by atoms with van der Waals surface area (Å²) >= 11 is 0. The summed E-state index contributed by atoms with van der Waals surface area (Å²) in [5.41, 5.74) is 0. The van der Waals surface area contributed by atoms with Gasteiger partial charge in [0.25, 0.3) is 0 Å². The summed E-state index contributed by atoms with van der Waals surface area (Å²) in [6, 6.07) is 4.97. The van der Waals surface area contributed by atoms with Gasteiger partial charge < -0.3 is 0 Å². The molecule has 1 aliphatic heterocycles. The molecule has 1 aliphatic rings. The molecule has 1 aromatic rings. The Morgan fingerprint density at radius 3 is 2.44 bits per heavy atom. The molecule has 0 N–H and O–H groups in total. The summed E-state index contributed by atoms with van der Waals surface area (Å²) in [7, 11) is -3.42. The number of hydrogen-bond donors (Lipinski definition) is 0. The summed E-state index contributed by atoms with van der Waals surface area (Å²) in [5, 5.41) is 0. The first-order chi connectivity index (χ1) is 7.50. The molecule has 1 heterocycles. The standard InChI is InChI=1S/C11H14FNO2S/c1-9-6-7-13(8-9)16(14,15)11-4-2-10(12)3-5-11/h2-5,9H,6-8H2,1H3. The van der Waals surface area contributed by atoms with Crippen LogP contribution in [0.5, 0.6) is 0 Å². The Balaban J connectivity index is 2.29. The molecule has 1 saturated heterocycles. The monoisotopic (exact) mass is 243 g/mol. The Bertz CT molecular complexity index is 469. The first-order valence-corrected chi connectivity index (χ1v) is 6.70. The molecule has 5 heteroatoms. The average molecular weight is 243 g/mol. The van der Waals surface area contributed by atoms with Gasteiger partial charge in [-0.15, -0.1) is 0 Å². The molecule has 2 rings (SSSR count). The zero-order chi connectivity index (χ0) is 11.8. The lowest BCUT2D eigenvalue weighted by atomic mass is 10.2. The van der Waals surface area contributed by atoms with Crippen LogP contribution in [0, 0.1) is 11.7 Å². The number of hydrogen-bond acceptors (Lipinski definition) is 2. The SMILES string of the molecule is CC1CCN(S(=O)(=O)c2ccc(F)cc2)C1. The van der Waals surface area contributed by atoms with Crippen LogP contribution in [-0.2, 0) is 10.0 Å². The fourth-order valence-corrected chi connectivity index (χ4v) is 3.44. The number of halogens is 1. The van der Waals surface area contributed by atoms with Gasteiger partial charge in [0.05, 0.1) is 4.90 Å². The minimum atomic E-state index is -3.42. The van der Waals surface area contributed by atoms with Crippen molar-refractivity contribution in [1.82, 2.24) is 4.31 Å². The van der Waals surface area contributed by atoms with Crippen molar-refractivity contribution in [2.75, 3.05) is 13.1 Å². The Morgan fingerprint density at radius 2 is 1.94 bits per heavy atom. The lowest BCUT2D eigenvalue weighted by Gasteiger charge is -2.15. The first kappa shape index (κ1) is 11.5. The highest BCUT2D eigenvalue weighted by atomic mass is 32.2. The molecule has 0 aliphatic carbocycles. The zero-order valence-corrected chi connectivity index (χ0v) is 9.87. The molecule has 1 aromatic carbocycles. The Labute approximate surface area is 94.9 Å². The summed E-state index contributed by atoms with van der Waals surface area (Å²) in [5.74, 6) is -0.0241. The van der Waals surface area contributed by atoms with Gasteiger partial charge in [0.1, 0.15) is 5.82 Å². The van der Waals surface area contributed by atoms with Crippen molar-refractivity contribution in [3.8, 4) is 0 Å². The largest absolute Gasteiger partial charge is 0.243 e. The van der Waals surface area contributed by atoms with E-state index < -0.39 is 15.8 Å². The first-order valence-electron chi connectivity index (χ1n) is 5.26. The second-order valence-corrected chi connectivity index (χ2v) is 6.15. The van der Waals surface area contributed by atoms with Crippen LogP contribution in [0.15, 0.2) is 29.2 Å². The second-order valence-electron chi connectivity index (χ2n) is 4.21. The lowest BCUT2D eigenvalue weighted by molar-refractivity contribution is 0.464. The predicted molar refractivity (Wildman–Crippen MR) is 58.9 cm³/mol. The fraction of sp³-hybridized carbons (Fsp3) is 0.455. The van der Waals surface area contributed by atoms with Crippen LogP contribution in [0.25, 0.3) is 0 Å². The van der Waals surface area contributed by atoms with Crippen molar-refractivity contribution in [1.29, 1.82) is 0 Å². The van der Waals surface area contributed by atoms with Gasteiger partial charge >= 0.3 is 0 Å². The number of sulfonamides is 1. The Kier molecular flexibility index (Phi) is 2.99. The van der Waals surface area contributed by atoms with Gasteiger partial charge in [-0.2, -0.15) is 4.31 Å². The molecule has 0 radical (unpaired) electrons. The molecule has 0 amide bonds. The fourth-order valence-electron chi connectivity index (χ4n) is 1.87. The van der Waals surface area contributed by atoms with Crippen molar-refractivity contribution in [3.05, 3.63) is 30.1 Å². The second kappa shape index (κ2) is 4.14. The summed E-state index contributed by atoms with van der Waals surface area (Å²) in [6.07, 6.45) is 0.889. The van der Waals surface area contributed by atoms with E-state index in [-0.39, 0.29) is 4.90 Å². The van der Waals surface area contributed by atoms with E-state index in [4.69, 9.17) is 0 Å². The van der Waals surface area contributed by atoms with E-state index in [1.165, 1.54) is 28.6 Å². The van der Waals surface area contributed by atoms with E-state index in [1.54, 1.807) is 0 Å². The third-order valence-corrected chi connectivity index (χ3v) is 4.72. The van der Waals surface area contributed by atoms with Gasteiger partial charge in [0, 0.05) is 13.1 Å². The molecule has 0 bridgehead atoms. The van der Waals surface area contributed by atoms with Crippen LogP contribution >= 0.6 is 0 Å². The third-order valence-electron chi connectivity index (χ3n) is 2.84. The summed E-state index contributed by atoms with van der Waals surface area (Å²) < 4.78 is 38.4. The normalized spacial score (nSPS) is 22.5. The smallest absolute Gasteiger partial charge is 0.207 e. The maximum absolute atomic E-state index is 12.7. The van der Waals surface area contributed by atoms with E-state index >= 15 is 0 Å². The molecule has 0 aromatic heterocycles. The summed E-state index contributed by atoms with van der Waals surface area (Å²) in [6.45, 7) is 3.14. The van der Waals surface area contributed by atoms with E-state index in [9.17, 15) is 12.8 Å². The maximum Gasteiger partial charge on any atom is 0.243 e. The van der Waals surface area contributed by atoms with Gasteiger partial charge in [-0.25, -0.2) is 12.8 Å². The number of rotatable bonds is 2. The van der Waals surface area contributed by atoms with E-state index in [2.05, 4.69) is 0 Å². The van der Waals surface area contributed by atoms with Crippen LogP contribution in [0.2, 0.25) is 0 Å². The van der Waals surface area contributed by atoms with Crippen LogP contribution in [-0.4, -0.2) is 25.8 Å². The lowest BCUT2D eigenvalue weighted by Crippen LogP contribution is -2.28. The van der Waals surface area contributed by atoms with Crippen LogP contribution in [0.1, 0.15) is 13.3 Å². The highest BCUT2D eigenvalue weighted by molar-refractivity contribution is 7.89. The molecule has 1 fully saturated rings. The van der Waals surface area contributed by atoms with E-state index in [1.807, 2.05) is 6.92 Å². The highest BCUT2D eigenvalue weighted by Gasteiger charge is 2.30. The molecular formula is C11H14FNO2S. The van der Waals surface area contributed by atoms with Gasteiger partial charge in [0.2, 0.25) is 10.0 Å². The predicted octanol–water partition coefficient (Wildman–Crippen LogP) is 1.86. The van der Waals surface area contributed by atoms with Crippen molar-refractivity contribution in [3.63, 3.8) is 0 Å². The third kappa shape index (κ3) is 2.10. The number of benzene rings is 1. The molecule has 0 saturated carbocycles. The zero-order valence-electron chi connectivity index (χ0n) is 9.06. The molecule has 1 unspecified atom stereocenters. The van der Waals surface area contributed by atoms with Crippen molar-refractivity contribution in [2.45, 2.75) is 18.2 Å². The topological polar surface area (TPSA) is 37.4 Å². The summed E-state index contributed by atoms with van der Waals surface area (Å²) in [4.78, 5) is 0.169. The van der Waals surface area contributed by atoms with E-state index in [0.717, 1.165) is 6.42 Å². The molecule has 1 atom stereocenters. The maximum atomic E-state index is 12.7. The van der Waals surface area contributed by atoms with Crippen molar-refractivity contribution in [2.24, 2.45) is 5.92 Å². The van der Waals surface area contributed by atoms with Crippen LogP contribution < -0.4 is 0 Å². The minimum absolute atomic E-state index is 0.169. The molecule has 0 spiro atoms. The molecular weight excluding hydrogens is 229 g/mol. The number of nitrogens with zero attached hydrogens (tertiary/aromatic N) is 1. The van der Waals surface area contributed by atoms with Gasteiger partial charge in [-0.1, -0.05) is 6.92 Å². The van der Waals surface area contributed by atoms with Crippen molar-refractivity contribution < 1.29 is 12.8 Å². The van der Waals surface area contributed by atoms with Crippen LogP contribution in [0.3, 0.4) is 0 Å². The van der Waals surface area contributed by atoms with Gasteiger partial charge in [-0.3, -0.25) is 0 Å². The quantitative estimate of drug-likeness (QED) is 0.795. The van der Waals surface area contributed by atoms with Crippen molar-refractivity contribution >= 4 is 10.0 Å². The average Bonchev–Trinajstić information content (AvgIpc) is 2.66.